The van der Waals surface area contributed by atoms with Crippen molar-refractivity contribution >= 4 is 11.4 Å². The Morgan fingerprint density at radius 2 is 1.52 bits per heavy atom. The fourth-order valence-electron chi connectivity index (χ4n) is 3.49. The van der Waals surface area contributed by atoms with Crippen molar-refractivity contribution in [3.63, 3.8) is 0 Å². The SMILES string of the molecule is COc1ccccc1Nc1c(-c2c(C)n(C)n(-c3ccccc3)c2=O)c(=O)c1=O. The van der Waals surface area contributed by atoms with E-state index < -0.39 is 10.9 Å². The number of hydrogen-bond donors (Lipinski definition) is 1. The molecule has 0 spiro atoms. The third kappa shape index (κ3) is 2.79. The smallest absolute Gasteiger partial charge is 0.279 e. The van der Waals surface area contributed by atoms with Crippen molar-refractivity contribution < 1.29 is 4.74 Å². The first-order valence-electron chi connectivity index (χ1n) is 9.03. The number of nitrogens with one attached hydrogen (secondary N) is 1. The highest BCUT2D eigenvalue weighted by atomic mass is 16.5. The Morgan fingerprint density at radius 3 is 2.21 bits per heavy atom. The molecule has 0 bridgehead atoms. The highest BCUT2D eigenvalue weighted by Crippen LogP contribution is 2.31. The van der Waals surface area contributed by atoms with Gasteiger partial charge in [-0.3, -0.25) is 19.1 Å². The summed E-state index contributed by atoms with van der Waals surface area (Å²) in [6, 6.07) is 16.2. The van der Waals surface area contributed by atoms with Crippen LogP contribution in [0.2, 0.25) is 0 Å². The zero-order chi connectivity index (χ0) is 20.7. The molecule has 3 aromatic carbocycles. The van der Waals surface area contributed by atoms with Crippen LogP contribution in [-0.4, -0.2) is 16.5 Å². The van der Waals surface area contributed by atoms with Crippen molar-refractivity contribution in [1.29, 1.82) is 0 Å². The van der Waals surface area contributed by atoms with E-state index in [1.54, 1.807) is 55.1 Å². The van der Waals surface area contributed by atoms with Crippen molar-refractivity contribution in [1.82, 2.24) is 9.36 Å². The molecule has 0 saturated heterocycles. The molecular formula is C22H19N3O4. The van der Waals surface area contributed by atoms with Crippen molar-refractivity contribution in [3.05, 3.63) is 91.1 Å². The lowest BCUT2D eigenvalue weighted by molar-refractivity contribution is 0.417. The van der Waals surface area contributed by atoms with E-state index in [2.05, 4.69) is 5.32 Å². The van der Waals surface area contributed by atoms with Crippen LogP contribution in [0.25, 0.3) is 16.8 Å². The molecule has 0 aliphatic rings. The Morgan fingerprint density at radius 1 is 0.862 bits per heavy atom. The standard InChI is InChI=1S/C22H19N3O4/c1-13-17(22(28)25(24(13)2)14-9-5-4-6-10-14)18-19(21(27)20(18)26)23-15-11-7-8-12-16(15)29-3/h4-12,23H,1-3H3. The highest BCUT2D eigenvalue weighted by molar-refractivity contribution is 5.86. The van der Waals surface area contributed by atoms with Gasteiger partial charge in [-0.25, -0.2) is 4.68 Å². The average molecular weight is 389 g/mol. The number of para-hydroxylation sites is 3. The van der Waals surface area contributed by atoms with E-state index in [1.807, 2.05) is 18.2 Å². The average Bonchev–Trinajstić information content (AvgIpc) is 2.97. The van der Waals surface area contributed by atoms with E-state index in [1.165, 1.54) is 11.8 Å². The lowest BCUT2D eigenvalue weighted by Gasteiger charge is -2.15. The zero-order valence-electron chi connectivity index (χ0n) is 16.2. The number of methoxy groups -OCH3 is 1. The minimum Gasteiger partial charge on any atom is -0.495 e. The topological polar surface area (TPSA) is 82.3 Å². The van der Waals surface area contributed by atoms with E-state index in [9.17, 15) is 14.4 Å². The van der Waals surface area contributed by atoms with Crippen molar-refractivity contribution in [3.8, 4) is 22.6 Å². The molecule has 0 aliphatic carbocycles. The molecule has 1 N–H and O–H groups in total. The molecule has 0 atom stereocenters. The molecule has 0 aliphatic heterocycles. The largest absolute Gasteiger partial charge is 0.495 e. The van der Waals surface area contributed by atoms with Gasteiger partial charge in [-0.1, -0.05) is 30.3 Å². The van der Waals surface area contributed by atoms with Gasteiger partial charge in [0.25, 0.3) is 11.0 Å². The van der Waals surface area contributed by atoms with Gasteiger partial charge < -0.3 is 10.1 Å². The Balaban J connectivity index is 1.88. The summed E-state index contributed by atoms with van der Waals surface area (Å²) in [5.74, 6) is 0.526. The summed E-state index contributed by atoms with van der Waals surface area (Å²) < 4.78 is 8.45. The van der Waals surface area contributed by atoms with Crippen LogP contribution in [0.1, 0.15) is 5.69 Å². The number of nitrogens with zero attached hydrogens (tertiary/aromatic N) is 2. The summed E-state index contributed by atoms with van der Waals surface area (Å²) in [4.78, 5) is 38.0. The number of benzene rings is 2. The van der Waals surface area contributed by atoms with Crippen LogP contribution in [0.3, 0.4) is 0 Å². The molecule has 146 valence electrons. The number of anilines is 2. The van der Waals surface area contributed by atoms with Crippen LogP contribution in [0.4, 0.5) is 11.4 Å². The van der Waals surface area contributed by atoms with Crippen LogP contribution in [0.5, 0.6) is 5.75 Å². The summed E-state index contributed by atoms with van der Waals surface area (Å²) in [6.07, 6.45) is 0. The molecule has 0 unspecified atom stereocenters. The molecule has 0 amide bonds. The van der Waals surface area contributed by atoms with Crippen molar-refractivity contribution in [2.24, 2.45) is 7.05 Å². The molecule has 29 heavy (non-hydrogen) atoms. The van der Waals surface area contributed by atoms with E-state index in [4.69, 9.17) is 4.74 Å². The van der Waals surface area contributed by atoms with Gasteiger partial charge in [0.05, 0.1) is 29.6 Å². The molecule has 7 nitrogen and oxygen atoms in total. The van der Waals surface area contributed by atoms with Crippen LogP contribution in [-0.2, 0) is 7.05 Å². The number of rotatable bonds is 5. The monoisotopic (exact) mass is 389 g/mol. The summed E-state index contributed by atoms with van der Waals surface area (Å²) in [5.41, 5.74) is 0.554. The zero-order valence-corrected chi connectivity index (χ0v) is 16.2. The summed E-state index contributed by atoms with van der Waals surface area (Å²) in [6.45, 7) is 1.75. The maximum atomic E-state index is 13.2. The predicted molar refractivity (Wildman–Crippen MR) is 112 cm³/mol. The minimum absolute atomic E-state index is 0.102. The predicted octanol–water partition coefficient (Wildman–Crippen LogP) is 2.50. The maximum absolute atomic E-state index is 13.2. The number of ether oxygens (including phenoxy) is 1. The third-order valence-corrected chi connectivity index (χ3v) is 5.08. The first-order chi connectivity index (χ1) is 14.0. The van der Waals surface area contributed by atoms with Gasteiger partial charge >= 0.3 is 0 Å². The normalized spacial score (nSPS) is 11.0. The van der Waals surface area contributed by atoms with Gasteiger partial charge in [0.1, 0.15) is 11.4 Å². The Labute approximate surface area is 166 Å². The second-order valence-electron chi connectivity index (χ2n) is 6.67. The molecule has 1 aromatic heterocycles. The lowest BCUT2D eigenvalue weighted by atomic mass is 9.98. The minimum atomic E-state index is -0.673. The first-order valence-corrected chi connectivity index (χ1v) is 9.03. The molecule has 4 rings (SSSR count). The second kappa shape index (κ2) is 6.94. The Kier molecular flexibility index (Phi) is 4.43. The molecule has 4 aromatic rings. The van der Waals surface area contributed by atoms with E-state index in [-0.39, 0.29) is 22.4 Å². The van der Waals surface area contributed by atoms with Crippen LogP contribution in [0, 0.1) is 6.92 Å². The number of aromatic nitrogens is 2. The van der Waals surface area contributed by atoms with E-state index in [0.29, 0.717) is 22.8 Å². The summed E-state index contributed by atoms with van der Waals surface area (Å²) in [5, 5.41) is 2.98. The van der Waals surface area contributed by atoms with Gasteiger partial charge in [0.15, 0.2) is 0 Å². The highest BCUT2D eigenvalue weighted by Gasteiger charge is 2.29. The quantitative estimate of drug-likeness (QED) is 0.531. The fourth-order valence-corrected chi connectivity index (χ4v) is 3.49. The first kappa shape index (κ1) is 18.5. The Hall–Kier alpha value is -3.87. The number of hydrogen-bond acceptors (Lipinski definition) is 5. The van der Waals surface area contributed by atoms with Crippen LogP contribution < -0.4 is 26.5 Å². The molecule has 0 fully saturated rings. The molecule has 7 heteroatoms. The second-order valence-corrected chi connectivity index (χ2v) is 6.67. The fraction of sp³-hybridized carbons (Fsp3) is 0.136. The van der Waals surface area contributed by atoms with Gasteiger partial charge in [-0.2, -0.15) is 0 Å². The molecule has 0 radical (unpaired) electrons. The molecule has 1 heterocycles. The third-order valence-electron chi connectivity index (χ3n) is 5.08. The molecular weight excluding hydrogens is 370 g/mol. The summed E-state index contributed by atoms with van der Waals surface area (Å²) in [7, 11) is 3.26. The Bertz CT molecular complexity index is 1340. The van der Waals surface area contributed by atoms with Crippen molar-refractivity contribution in [2.75, 3.05) is 12.4 Å². The summed E-state index contributed by atoms with van der Waals surface area (Å²) >= 11 is 0. The van der Waals surface area contributed by atoms with Gasteiger partial charge in [0, 0.05) is 12.7 Å². The molecule has 0 saturated carbocycles. The van der Waals surface area contributed by atoms with E-state index >= 15 is 0 Å². The van der Waals surface area contributed by atoms with Crippen molar-refractivity contribution in [2.45, 2.75) is 6.92 Å². The van der Waals surface area contributed by atoms with E-state index in [0.717, 1.165) is 0 Å². The van der Waals surface area contributed by atoms with Gasteiger partial charge in [0.2, 0.25) is 5.43 Å². The van der Waals surface area contributed by atoms with Gasteiger partial charge in [-0.05, 0) is 31.2 Å². The van der Waals surface area contributed by atoms with Crippen LogP contribution in [0.15, 0.2) is 69.0 Å². The maximum Gasteiger partial charge on any atom is 0.279 e. The lowest BCUT2D eigenvalue weighted by Crippen LogP contribution is -2.37. The van der Waals surface area contributed by atoms with Crippen LogP contribution >= 0.6 is 0 Å². The van der Waals surface area contributed by atoms with Gasteiger partial charge in [-0.15, -0.1) is 0 Å².